The molecule has 2 aromatic rings. The van der Waals surface area contributed by atoms with Crippen molar-refractivity contribution in [3.8, 4) is 11.5 Å². The van der Waals surface area contributed by atoms with Crippen LogP contribution in [0.5, 0.6) is 11.5 Å². The highest BCUT2D eigenvalue weighted by Crippen LogP contribution is 2.18. The van der Waals surface area contributed by atoms with E-state index in [1.165, 1.54) is 28.9 Å². The van der Waals surface area contributed by atoms with Crippen LogP contribution in [-0.4, -0.2) is 31.9 Å². The second kappa shape index (κ2) is 5.43. The Labute approximate surface area is 114 Å². The molecule has 0 bridgehead atoms. The molecule has 0 aliphatic rings. The Morgan fingerprint density at radius 3 is 2.50 bits per heavy atom. The van der Waals surface area contributed by atoms with Crippen molar-refractivity contribution in [2.75, 3.05) is 0 Å². The van der Waals surface area contributed by atoms with Gasteiger partial charge in [0.15, 0.2) is 5.69 Å². The first-order chi connectivity index (χ1) is 9.52. The first-order valence-electron chi connectivity index (χ1n) is 5.83. The number of aromatic hydroxyl groups is 1. The number of carboxylic acid groups (broad SMARTS) is 1. The van der Waals surface area contributed by atoms with Crippen LogP contribution in [-0.2, 0) is 6.54 Å². The minimum absolute atomic E-state index is 0.0367. The molecular weight excluding hydrogens is 264 g/mol. The molecule has 0 saturated carbocycles. The third kappa shape index (κ3) is 2.61. The molecule has 0 fully saturated rings. The van der Waals surface area contributed by atoms with E-state index in [0.717, 1.165) is 6.20 Å². The quantitative estimate of drug-likeness (QED) is 0.648. The Hall–Kier alpha value is -2.83. The zero-order valence-electron chi connectivity index (χ0n) is 10.6. The van der Waals surface area contributed by atoms with Crippen molar-refractivity contribution in [2.45, 2.75) is 13.5 Å². The smallest absolute Gasteiger partial charge is 0.362 e. The molecule has 0 aliphatic heterocycles. The van der Waals surface area contributed by atoms with Crippen molar-refractivity contribution < 1.29 is 24.5 Å². The van der Waals surface area contributed by atoms with Gasteiger partial charge in [0.2, 0.25) is 0 Å². The first kappa shape index (κ1) is 13.6. The number of carbonyl (C=O) groups excluding carboxylic acids is 1. The number of phenols is 1. The van der Waals surface area contributed by atoms with Crippen LogP contribution in [0.4, 0.5) is 0 Å². The van der Waals surface area contributed by atoms with Crippen molar-refractivity contribution >= 4 is 11.9 Å². The van der Waals surface area contributed by atoms with Gasteiger partial charge in [0.1, 0.15) is 17.1 Å². The van der Waals surface area contributed by atoms with Crippen LogP contribution >= 0.6 is 0 Å². The van der Waals surface area contributed by atoms with Gasteiger partial charge in [-0.15, -0.1) is 0 Å². The summed E-state index contributed by atoms with van der Waals surface area (Å²) in [6.07, 6.45) is 1.11. The second-order valence-electron chi connectivity index (χ2n) is 3.91. The topological polar surface area (TPSA) is 102 Å². The van der Waals surface area contributed by atoms with E-state index in [1.807, 2.05) is 0 Å². The fraction of sp³-hybridized carbons (Fsp3) is 0.154. The number of hydrogen-bond donors (Lipinski definition) is 2. The van der Waals surface area contributed by atoms with Crippen molar-refractivity contribution in [3.63, 3.8) is 0 Å². The van der Waals surface area contributed by atoms with Crippen LogP contribution in [0.15, 0.2) is 30.5 Å². The molecule has 0 spiro atoms. The van der Waals surface area contributed by atoms with E-state index in [1.54, 1.807) is 6.92 Å². The van der Waals surface area contributed by atoms with Crippen LogP contribution in [0, 0.1) is 0 Å². The normalized spacial score (nSPS) is 10.2. The molecule has 1 aromatic carbocycles. The van der Waals surface area contributed by atoms with Crippen molar-refractivity contribution in [2.24, 2.45) is 0 Å². The molecule has 104 valence electrons. The van der Waals surface area contributed by atoms with Gasteiger partial charge in [0, 0.05) is 6.54 Å². The van der Waals surface area contributed by atoms with Gasteiger partial charge >= 0.3 is 11.9 Å². The third-order valence-corrected chi connectivity index (χ3v) is 2.61. The Bertz CT molecular complexity index is 645. The van der Waals surface area contributed by atoms with Gasteiger partial charge in [-0.25, -0.2) is 9.59 Å². The number of nitrogens with zero attached hydrogens (tertiary/aromatic N) is 2. The molecule has 0 amide bonds. The Morgan fingerprint density at radius 2 is 1.95 bits per heavy atom. The number of aryl methyl sites for hydroxylation is 1. The summed E-state index contributed by atoms with van der Waals surface area (Å²) >= 11 is 0. The highest BCUT2D eigenvalue weighted by molar-refractivity contribution is 6.01. The minimum atomic E-state index is -1.25. The van der Waals surface area contributed by atoms with E-state index < -0.39 is 11.9 Å². The number of carbonyl (C=O) groups is 2. The lowest BCUT2D eigenvalue weighted by Gasteiger charge is -2.07. The van der Waals surface area contributed by atoms with Gasteiger partial charge < -0.3 is 14.9 Å². The number of aromatic carboxylic acids is 1. The number of carboxylic acids is 1. The molecule has 0 atom stereocenters. The Morgan fingerprint density at radius 1 is 1.30 bits per heavy atom. The average molecular weight is 276 g/mol. The van der Waals surface area contributed by atoms with Crippen LogP contribution in [0.1, 0.15) is 27.8 Å². The molecule has 2 N–H and O–H groups in total. The maximum absolute atomic E-state index is 12.1. The molecule has 0 aliphatic carbocycles. The largest absolute Gasteiger partial charge is 0.508 e. The number of hydrogen-bond acceptors (Lipinski definition) is 5. The summed E-state index contributed by atoms with van der Waals surface area (Å²) < 4.78 is 6.33. The highest BCUT2D eigenvalue weighted by atomic mass is 16.5. The van der Waals surface area contributed by atoms with Crippen LogP contribution in [0.3, 0.4) is 0 Å². The summed E-state index contributed by atoms with van der Waals surface area (Å²) in [5.74, 6) is -1.82. The lowest BCUT2D eigenvalue weighted by Crippen LogP contribution is -2.18. The second-order valence-corrected chi connectivity index (χ2v) is 3.91. The highest BCUT2D eigenvalue weighted by Gasteiger charge is 2.24. The predicted octanol–water partition coefficient (Wildman–Crippen LogP) is 1.53. The number of aromatic nitrogens is 2. The molecule has 0 saturated heterocycles. The summed E-state index contributed by atoms with van der Waals surface area (Å²) in [6, 6.07) is 5.52. The minimum Gasteiger partial charge on any atom is -0.508 e. The van der Waals surface area contributed by atoms with Crippen molar-refractivity contribution in [3.05, 3.63) is 41.7 Å². The zero-order valence-corrected chi connectivity index (χ0v) is 10.6. The maximum atomic E-state index is 12.1. The maximum Gasteiger partial charge on any atom is 0.362 e. The van der Waals surface area contributed by atoms with Crippen molar-refractivity contribution in [1.82, 2.24) is 9.78 Å². The fourth-order valence-corrected chi connectivity index (χ4v) is 1.67. The van der Waals surface area contributed by atoms with Gasteiger partial charge in [0.25, 0.3) is 0 Å². The molecule has 1 aromatic heterocycles. The summed E-state index contributed by atoms with van der Waals surface area (Å²) in [4.78, 5) is 23.1. The van der Waals surface area contributed by atoms with E-state index in [-0.39, 0.29) is 22.8 Å². The van der Waals surface area contributed by atoms with Crippen LogP contribution in [0.25, 0.3) is 0 Å². The number of rotatable bonds is 4. The molecule has 0 unspecified atom stereocenters. The fourth-order valence-electron chi connectivity index (χ4n) is 1.67. The molecule has 0 radical (unpaired) electrons. The monoisotopic (exact) mass is 276 g/mol. The molecular formula is C13H12N2O5. The average Bonchev–Trinajstić information content (AvgIpc) is 2.85. The van der Waals surface area contributed by atoms with Gasteiger partial charge in [-0.05, 0) is 31.2 Å². The third-order valence-electron chi connectivity index (χ3n) is 2.61. The van der Waals surface area contributed by atoms with Gasteiger partial charge in [-0.2, -0.15) is 5.10 Å². The number of phenolic OH excluding ortho intramolecular Hbond substituents is 1. The number of ether oxygens (including phenoxy) is 1. The van der Waals surface area contributed by atoms with Gasteiger partial charge in [0.05, 0.1) is 6.20 Å². The molecule has 7 heteroatoms. The van der Waals surface area contributed by atoms with E-state index in [9.17, 15) is 9.59 Å². The van der Waals surface area contributed by atoms with Crippen LogP contribution in [0.2, 0.25) is 0 Å². The Balaban J connectivity index is 2.31. The first-order valence-corrected chi connectivity index (χ1v) is 5.83. The zero-order chi connectivity index (χ0) is 14.7. The lowest BCUT2D eigenvalue weighted by molar-refractivity contribution is 0.0662. The van der Waals surface area contributed by atoms with Gasteiger partial charge in [-0.1, -0.05) is 0 Å². The standard InChI is InChI=1S/C13H12N2O5/c1-2-15-11(10(7-14-15)12(17)18)13(19)20-9-5-3-8(16)4-6-9/h3-7,16H,2H2,1H3,(H,17,18). The molecule has 7 nitrogen and oxygen atoms in total. The summed E-state index contributed by atoms with van der Waals surface area (Å²) in [6.45, 7) is 2.07. The van der Waals surface area contributed by atoms with E-state index >= 15 is 0 Å². The Kier molecular flexibility index (Phi) is 3.69. The number of esters is 1. The van der Waals surface area contributed by atoms with E-state index in [0.29, 0.717) is 6.54 Å². The van der Waals surface area contributed by atoms with Gasteiger partial charge in [-0.3, -0.25) is 4.68 Å². The summed E-state index contributed by atoms with van der Waals surface area (Å²) in [7, 11) is 0. The molecule has 1 heterocycles. The van der Waals surface area contributed by atoms with Crippen LogP contribution < -0.4 is 4.74 Å². The van der Waals surface area contributed by atoms with E-state index in [4.69, 9.17) is 14.9 Å². The van der Waals surface area contributed by atoms with E-state index in [2.05, 4.69) is 5.10 Å². The summed E-state index contributed by atoms with van der Waals surface area (Å²) in [5, 5.41) is 22.0. The lowest BCUT2D eigenvalue weighted by atomic mass is 10.2. The van der Waals surface area contributed by atoms with Crippen molar-refractivity contribution in [1.29, 1.82) is 0 Å². The molecule has 2 rings (SSSR count). The predicted molar refractivity (Wildman–Crippen MR) is 67.9 cm³/mol. The number of benzene rings is 1. The summed E-state index contributed by atoms with van der Waals surface area (Å²) in [5.41, 5.74) is -0.330. The molecule has 20 heavy (non-hydrogen) atoms. The SMILES string of the molecule is CCn1ncc(C(=O)O)c1C(=O)Oc1ccc(O)cc1.